The van der Waals surface area contributed by atoms with E-state index in [9.17, 15) is 9.18 Å². The highest BCUT2D eigenvalue weighted by Gasteiger charge is 2.13. The van der Waals surface area contributed by atoms with E-state index in [-0.39, 0.29) is 0 Å². The van der Waals surface area contributed by atoms with Crippen LogP contribution in [0.15, 0.2) is 60.8 Å². The molecule has 0 aliphatic heterocycles. The van der Waals surface area contributed by atoms with Crippen LogP contribution in [0.2, 0.25) is 0 Å². The molecule has 2 aromatic carbocycles. The Morgan fingerprint density at radius 3 is 2.61 bits per heavy atom. The number of hydrogen-bond acceptors (Lipinski definition) is 2. The molecule has 23 heavy (non-hydrogen) atoms. The van der Waals surface area contributed by atoms with Crippen molar-refractivity contribution in [3.8, 4) is 11.3 Å². The summed E-state index contributed by atoms with van der Waals surface area (Å²) in [5, 5.41) is 9.52. The van der Waals surface area contributed by atoms with Gasteiger partial charge in [-0.05, 0) is 18.2 Å². The minimum Gasteiger partial charge on any atom is -0.308 e. The fourth-order valence-corrected chi connectivity index (χ4v) is 2.32. The fraction of sp³-hybridized carbons (Fsp3) is 0.0588. The fourth-order valence-electron chi connectivity index (χ4n) is 2.32. The summed E-state index contributed by atoms with van der Waals surface area (Å²) in [5.41, 5.74) is 2.69. The average Bonchev–Trinajstić information content (AvgIpc) is 2.88. The maximum Gasteiger partial charge on any atom is 0.323 e. The molecule has 0 aliphatic carbocycles. The summed E-state index contributed by atoms with van der Waals surface area (Å²) in [6, 6.07) is 14.9. The summed E-state index contributed by atoms with van der Waals surface area (Å²) in [6.07, 6.45) is 1.58. The van der Waals surface area contributed by atoms with E-state index in [1.807, 2.05) is 30.3 Å². The maximum atomic E-state index is 13.1. The molecular formula is C17H15FN4O. The molecule has 0 saturated heterocycles. The van der Waals surface area contributed by atoms with E-state index in [0.29, 0.717) is 11.4 Å². The first kappa shape index (κ1) is 14.8. The standard InChI is InChI=1S/C17H15FN4O/c1-22-16(12-6-3-2-4-7-12)15(11-19-22)21-17(23)20-14-9-5-8-13(18)10-14/h2-11H,1H3,(H2,20,21,23). The minimum atomic E-state index is -0.458. The third kappa shape index (κ3) is 3.37. The number of benzene rings is 2. The molecule has 3 rings (SSSR count). The van der Waals surface area contributed by atoms with Gasteiger partial charge in [-0.15, -0.1) is 0 Å². The zero-order valence-electron chi connectivity index (χ0n) is 12.5. The van der Waals surface area contributed by atoms with Crippen LogP contribution in [0.5, 0.6) is 0 Å². The Morgan fingerprint density at radius 1 is 1.09 bits per heavy atom. The van der Waals surface area contributed by atoms with Gasteiger partial charge in [-0.25, -0.2) is 9.18 Å². The van der Waals surface area contributed by atoms with Crippen molar-refractivity contribution in [3.63, 3.8) is 0 Å². The first-order chi connectivity index (χ1) is 11.1. The normalized spacial score (nSPS) is 10.3. The van der Waals surface area contributed by atoms with Gasteiger partial charge in [-0.3, -0.25) is 4.68 Å². The SMILES string of the molecule is Cn1ncc(NC(=O)Nc2cccc(F)c2)c1-c1ccccc1. The highest BCUT2D eigenvalue weighted by atomic mass is 19.1. The monoisotopic (exact) mass is 310 g/mol. The third-order valence-electron chi connectivity index (χ3n) is 3.32. The second-order valence-corrected chi connectivity index (χ2v) is 4.99. The van der Waals surface area contributed by atoms with Crippen molar-refractivity contribution in [2.24, 2.45) is 7.05 Å². The van der Waals surface area contributed by atoms with Crippen molar-refractivity contribution in [2.45, 2.75) is 0 Å². The zero-order chi connectivity index (χ0) is 16.2. The van der Waals surface area contributed by atoms with E-state index in [1.54, 1.807) is 24.0 Å². The van der Waals surface area contributed by atoms with Crippen LogP contribution in [-0.2, 0) is 7.05 Å². The molecule has 1 aromatic heterocycles. The number of rotatable bonds is 3. The van der Waals surface area contributed by atoms with E-state index in [0.717, 1.165) is 11.3 Å². The number of amides is 2. The summed E-state index contributed by atoms with van der Waals surface area (Å²) in [6.45, 7) is 0. The Balaban J connectivity index is 1.80. The smallest absolute Gasteiger partial charge is 0.308 e. The Labute approximate surface area is 132 Å². The van der Waals surface area contributed by atoms with E-state index in [2.05, 4.69) is 15.7 Å². The number of nitrogens with zero attached hydrogens (tertiary/aromatic N) is 2. The highest BCUT2D eigenvalue weighted by Crippen LogP contribution is 2.27. The van der Waals surface area contributed by atoms with Gasteiger partial charge in [-0.1, -0.05) is 36.4 Å². The Morgan fingerprint density at radius 2 is 1.87 bits per heavy atom. The Bertz CT molecular complexity index is 830. The molecule has 0 spiro atoms. The summed E-state index contributed by atoms with van der Waals surface area (Å²) < 4.78 is 14.8. The predicted molar refractivity (Wildman–Crippen MR) is 87.7 cm³/mol. The molecule has 5 nitrogen and oxygen atoms in total. The number of carbonyl (C=O) groups is 1. The summed E-state index contributed by atoms with van der Waals surface area (Å²) in [7, 11) is 1.80. The molecule has 0 fully saturated rings. The first-order valence-electron chi connectivity index (χ1n) is 7.04. The van der Waals surface area contributed by atoms with Gasteiger partial charge >= 0.3 is 6.03 Å². The molecule has 0 bridgehead atoms. The topological polar surface area (TPSA) is 59.0 Å². The van der Waals surface area contributed by atoms with Gasteiger partial charge in [0.25, 0.3) is 0 Å². The van der Waals surface area contributed by atoms with Crippen LogP contribution in [0.25, 0.3) is 11.3 Å². The molecular weight excluding hydrogens is 295 g/mol. The van der Waals surface area contributed by atoms with Crippen LogP contribution in [-0.4, -0.2) is 15.8 Å². The lowest BCUT2D eigenvalue weighted by atomic mass is 10.1. The second-order valence-electron chi connectivity index (χ2n) is 4.99. The lowest BCUT2D eigenvalue weighted by Crippen LogP contribution is -2.19. The lowest BCUT2D eigenvalue weighted by Gasteiger charge is -2.09. The summed E-state index contributed by atoms with van der Waals surface area (Å²) >= 11 is 0. The quantitative estimate of drug-likeness (QED) is 0.771. The molecule has 116 valence electrons. The van der Waals surface area contributed by atoms with Gasteiger partial charge in [-0.2, -0.15) is 5.10 Å². The van der Waals surface area contributed by atoms with Gasteiger partial charge in [0.1, 0.15) is 5.82 Å². The summed E-state index contributed by atoms with van der Waals surface area (Å²) in [4.78, 5) is 12.1. The molecule has 0 saturated carbocycles. The van der Waals surface area contributed by atoms with Crippen LogP contribution in [0.3, 0.4) is 0 Å². The number of hydrogen-bond donors (Lipinski definition) is 2. The van der Waals surface area contributed by atoms with Gasteiger partial charge in [0, 0.05) is 18.3 Å². The van der Waals surface area contributed by atoms with E-state index in [4.69, 9.17) is 0 Å². The second kappa shape index (κ2) is 6.31. The van der Waals surface area contributed by atoms with Crippen LogP contribution >= 0.6 is 0 Å². The molecule has 1 heterocycles. The average molecular weight is 310 g/mol. The molecule has 2 N–H and O–H groups in total. The van der Waals surface area contributed by atoms with Crippen molar-refractivity contribution in [2.75, 3.05) is 10.6 Å². The molecule has 3 aromatic rings. The molecule has 0 radical (unpaired) electrons. The number of urea groups is 1. The zero-order valence-corrected chi connectivity index (χ0v) is 12.5. The van der Waals surface area contributed by atoms with E-state index >= 15 is 0 Å². The summed E-state index contributed by atoms with van der Waals surface area (Å²) in [5.74, 6) is -0.408. The van der Waals surface area contributed by atoms with Gasteiger partial charge in [0.05, 0.1) is 17.6 Å². The van der Waals surface area contributed by atoms with Crippen molar-refractivity contribution < 1.29 is 9.18 Å². The first-order valence-corrected chi connectivity index (χ1v) is 7.04. The van der Waals surface area contributed by atoms with Gasteiger partial charge in [0.15, 0.2) is 0 Å². The largest absolute Gasteiger partial charge is 0.323 e. The van der Waals surface area contributed by atoms with E-state index < -0.39 is 11.8 Å². The molecule has 0 aliphatic rings. The minimum absolute atomic E-state index is 0.382. The Kier molecular flexibility index (Phi) is 4.05. The number of halogens is 1. The third-order valence-corrected chi connectivity index (χ3v) is 3.32. The van der Waals surface area contributed by atoms with Crippen LogP contribution in [0, 0.1) is 5.82 Å². The van der Waals surface area contributed by atoms with Crippen molar-refractivity contribution in [3.05, 3.63) is 66.6 Å². The van der Waals surface area contributed by atoms with E-state index in [1.165, 1.54) is 18.2 Å². The van der Waals surface area contributed by atoms with Crippen LogP contribution in [0.1, 0.15) is 0 Å². The predicted octanol–water partition coefficient (Wildman–Crippen LogP) is 3.87. The van der Waals surface area contributed by atoms with Gasteiger partial charge in [0.2, 0.25) is 0 Å². The van der Waals surface area contributed by atoms with Gasteiger partial charge < -0.3 is 10.6 Å². The number of aryl methyl sites for hydroxylation is 1. The van der Waals surface area contributed by atoms with Crippen LogP contribution < -0.4 is 10.6 Å². The van der Waals surface area contributed by atoms with Crippen molar-refractivity contribution >= 4 is 17.4 Å². The number of aromatic nitrogens is 2. The molecule has 2 amide bonds. The van der Waals surface area contributed by atoms with Crippen molar-refractivity contribution in [1.82, 2.24) is 9.78 Å². The molecule has 0 atom stereocenters. The number of anilines is 2. The Hall–Kier alpha value is -3.15. The maximum absolute atomic E-state index is 13.1. The molecule has 6 heteroatoms. The van der Waals surface area contributed by atoms with Crippen molar-refractivity contribution in [1.29, 1.82) is 0 Å². The molecule has 0 unspecified atom stereocenters. The number of nitrogens with one attached hydrogen (secondary N) is 2. The van der Waals surface area contributed by atoms with Crippen LogP contribution in [0.4, 0.5) is 20.6 Å². The lowest BCUT2D eigenvalue weighted by molar-refractivity contribution is 0.262. The number of carbonyl (C=O) groups excluding carboxylic acids is 1. The highest BCUT2D eigenvalue weighted by molar-refractivity contribution is 6.01.